The lowest BCUT2D eigenvalue weighted by atomic mass is 10.2. The van der Waals surface area contributed by atoms with Gasteiger partial charge in [-0.05, 0) is 38.8 Å². The summed E-state index contributed by atoms with van der Waals surface area (Å²) in [7, 11) is 0. The molecule has 0 heterocycles. The fourth-order valence-electron chi connectivity index (χ4n) is 1.98. The predicted octanol–water partition coefficient (Wildman–Crippen LogP) is 2.53. The van der Waals surface area contributed by atoms with Crippen LogP contribution in [0, 0.1) is 11.3 Å². The summed E-state index contributed by atoms with van der Waals surface area (Å²) in [5.74, 6) is 0. The molecule has 1 fully saturated rings. The van der Waals surface area contributed by atoms with Gasteiger partial charge in [-0.2, -0.15) is 5.26 Å². The molecule has 3 heteroatoms. The predicted molar refractivity (Wildman–Crippen MR) is 71.8 cm³/mol. The monoisotopic (exact) mass is 237 g/mol. The van der Waals surface area contributed by atoms with Crippen molar-refractivity contribution in [1.29, 1.82) is 5.26 Å². The highest BCUT2D eigenvalue weighted by molar-refractivity contribution is 4.97. The topological polar surface area (TPSA) is 39.1 Å². The summed E-state index contributed by atoms with van der Waals surface area (Å²) in [6, 6.07) is 3.05. The summed E-state index contributed by atoms with van der Waals surface area (Å²) in [6.45, 7) is 7.62. The van der Waals surface area contributed by atoms with Crippen LogP contribution in [0.2, 0.25) is 0 Å². The van der Waals surface area contributed by atoms with Crippen molar-refractivity contribution in [2.75, 3.05) is 19.6 Å². The van der Waals surface area contributed by atoms with Gasteiger partial charge in [-0.1, -0.05) is 26.7 Å². The molecular weight excluding hydrogens is 210 g/mol. The van der Waals surface area contributed by atoms with Gasteiger partial charge in [0, 0.05) is 12.6 Å². The highest BCUT2D eigenvalue weighted by atomic mass is 15.2. The minimum atomic E-state index is 0.0243. The Morgan fingerprint density at radius 2 is 1.82 bits per heavy atom. The van der Waals surface area contributed by atoms with Crippen molar-refractivity contribution in [3.8, 4) is 6.07 Å². The Hall–Kier alpha value is -0.590. The van der Waals surface area contributed by atoms with E-state index in [1.165, 1.54) is 38.5 Å². The van der Waals surface area contributed by atoms with Crippen LogP contribution in [0.3, 0.4) is 0 Å². The second kappa shape index (κ2) is 8.49. The third-order valence-corrected chi connectivity index (χ3v) is 3.27. The molecule has 0 aromatic rings. The van der Waals surface area contributed by atoms with Gasteiger partial charge in [0.25, 0.3) is 0 Å². The number of nitrogens with zero attached hydrogens (tertiary/aromatic N) is 2. The smallest absolute Gasteiger partial charge is 0.108 e. The SMILES string of the molecule is CCCCN(CCCC)CC(C#N)NC1CC1. The van der Waals surface area contributed by atoms with Crippen molar-refractivity contribution in [2.24, 2.45) is 0 Å². The summed E-state index contributed by atoms with van der Waals surface area (Å²) in [5, 5.41) is 12.6. The van der Waals surface area contributed by atoms with Crippen LogP contribution in [0.15, 0.2) is 0 Å². The molecule has 0 spiro atoms. The molecule has 0 amide bonds. The maximum absolute atomic E-state index is 9.16. The Bertz CT molecular complexity index is 222. The first-order chi connectivity index (χ1) is 8.30. The van der Waals surface area contributed by atoms with E-state index in [0.29, 0.717) is 6.04 Å². The maximum Gasteiger partial charge on any atom is 0.108 e. The van der Waals surface area contributed by atoms with Gasteiger partial charge in [-0.3, -0.25) is 5.32 Å². The third-order valence-electron chi connectivity index (χ3n) is 3.27. The molecule has 98 valence electrons. The van der Waals surface area contributed by atoms with Gasteiger partial charge in [0.2, 0.25) is 0 Å². The van der Waals surface area contributed by atoms with Crippen molar-refractivity contribution in [1.82, 2.24) is 10.2 Å². The summed E-state index contributed by atoms with van der Waals surface area (Å²) in [4.78, 5) is 2.45. The van der Waals surface area contributed by atoms with E-state index in [0.717, 1.165) is 19.6 Å². The number of rotatable bonds is 10. The third kappa shape index (κ3) is 6.65. The standard InChI is InChI=1S/C14H27N3/c1-3-5-9-17(10-6-4-2)12-14(11-15)16-13-7-8-13/h13-14,16H,3-10,12H2,1-2H3. The number of hydrogen-bond donors (Lipinski definition) is 1. The molecule has 0 bridgehead atoms. The molecule has 17 heavy (non-hydrogen) atoms. The van der Waals surface area contributed by atoms with Crippen LogP contribution in [-0.2, 0) is 0 Å². The lowest BCUT2D eigenvalue weighted by Crippen LogP contribution is -2.42. The van der Waals surface area contributed by atoms with E-state index >= 15 is 0 Å². The van der Waals surface area contributed by atoms with Crippen LogP contribution < -0.4 is 5.32 Å². The van der Waals surface area contributed by atoms with Gasteiger partial charge in [0.1, 0.15) is 6.04 Å². The number of hydrogen-bond acceptors (Lipinski definition) is 3. The van der Waals surface area contributed by atoms with Gasteiger partial charge in [0.15, 0.2) is 0 Å². The summed E-state index contributed by atoms with van der Waals surface area (Å²) in [5.41, 5.74) is 0. The Morgan fingerprint density at radius 1 is 1.24 bits per heavy atom. The van der Waals surface area contributed by atoms with Crippen LogP contribution >= 0.6 is 0 Å². The quantitative estimate of drug-likeness (QED) is 0.634. The lowest BCUT2D eigenvalue weighted by Gasteiger charge is -2.24. The second-order valence-corrected chi connectivity index (χ2v) is 5.13. The Morgan fingerprint density at radius 3 is 2.24 bits per heavy atom. The van der Waals surface area contributed by atoms with E-state index in [4.69, 9.17) is 5.26 Å². The molecular formula is C14H27N3. The van der Waals surface area contributed by atoms with E-state index < -0.39 is 0 Å². The number of nitrogens with one attached hydrogen (secondary N) is 1. The van der Waals surface area contributed by atoms with Crippen molar-refractivity contribution in [2.45, 2.75) is 64.5 Å². The van der Waals surface area contributed by atoms with Gasteiger partial charge in [0.05, 0.1) is 6.07 Å². The van der Waals surface area contributed by atoms with Crippen LogP contribution in [0.5, 0.6) is 0 Å². The Kier molecular flexibility index (Phi) is 7.23. The number of unbranched alkanes of at least 4 members (excludes halogenated alkanes) is 2. The molecule has 0 radical (unpaired) electrons. The molecule has 1 aliphatic rings. The van der Waals surface area contributed by atoms with Crippen molar-refractivity contribution in [3.63, 3.8) is 0 Å². The van der Waals surface area contributed by atoms with Crippen LogP contribution in [0.25, 0.3) is 0 Å². The van der Waals surface area contributed by atoms with Crippen LogP contribution in [0.1, 0.15) is 52.4 Å². The molecule has 0 aliphatic heterocycles. The van der Waals surface area contributed by atoms with E-state index in [2.05, 4.69) is 30.1 Å². The zero-order valence-electron chi connectivity index (χ0n) is 11.4. The molecule has 1 N–H and O–H groups in total. The van der Waals surface area contributed by atoms with Gasteiger partial charge in [-0.25, -0.2) is 0 Å². The first kappa shape index (κ1) is 14.5. The Labute approximate surface area is 106 Å². The normalized spacial score (nSPS) is 17.1. The molecule has 3 nitrogen and oxygen atoms in total. The average molecular weight is 237 g/mol. The highest BCUT2D eigenvalue weighted by Crippen LogP contribution is 2.19. The molecule has 0 aromatic carbocycles. The summed E-state index contributed by atoms with van der Waals surface area (Å²) < 4.78 is 0. The van der Waals surface area contributed by atoms with Gasteiger partial charge in [-0.15, -0.1) is 0 Å². The average Bonchev–Trinajstić information content (AvgIpc) is 3.15. The lowest BCUT2D eigenvalue weighted by molar-refractivity contribution is 0.249. The van der Waals surface area contributed by atoms with E-state index in [1.807, 2.05) is 0 Å². The van der Waals surface area contributed by atoms with Crippen molar-refractivity contribution in [3.05, 3.63) is 0 Å². The minimum absolute atomic E-state index is 0.0243. The maximum atomic E-state index is 9.16. The van der Waals surface area contributed by atoms with Gasteiger partial charge >= 0.3 is 0 Å². The largest absolute Gasteiger partial charge is 0.301 e. The zero-order chi connectivity index (χ0) is 12.5. The molecule has 1 atom stereocenters. The molecule has 1 rings (SSSR count). The molecule has 1 saturated carbocycles. The first-order valence-electron chi connectivity index (χ1n) is 7.18. The molecule has 1 aliphatic carbocycles. The van der Waals surface area contributed by atoms with E-state index in [1.54, 1.807) is 0 Å². The first-order valence-corrected chi connectivity index (χ1v) is 7.18. The summed E-state index contributed by atoms with van der Waals surface area (Å²) >= 11 is 0. The molecule has 1 unspecified atom stereocenters. The zero-order valence-corrected chi connectivity index (χ0v) is 11.4. The molecule has 0 aromatic heterocycles. The number of nitriles is 1. The van der Waals surface area contributed by atoms with Crippen molar-refractivity contribution >= 4 is 0 Å². The molecule has 0 saturated heterocycles. The van der Waals surface area contributed by atoms with Crippen LogP contribution in [-0.4, -0.2) is 36.6 Å². The van der Waals surface area contributed by atoms with E-state index in [9.17, 15) is 0 Å². The Balaban J connectivity index is 2.29. The fraction of sp³-hybridized carbons (Fsp3) is 0.929. The highest BCUT2D eigenvalue weighted by Gasteiger charge is 2.25. The van der Waals surface area contributed by atoms with Gasteiger partial charge < -0.3 is 4.90 Å². The summed E-state index contributed by atoms with van der Waals surface area (Å²) in [6.07, 6.45) is 7.45. The second-order valence-electron chi connectivity index (χ2n) is 5.13. The minimum Gasteiger partial charge on any atom is -0.301 e. The fourth-order valence-corrected chi connectivity index (χ4v) is 1.98. The van der Waals surface area contributed by atoms with Crippen molar-refractivity contribution < 1.29 is 0 Å². The van der Waals surface area contributed by atoms with E-state index in [-0.39, 0.29) is 6.04 Å². The van der Waals surface area contributed by atoms with Crippen LogP contribution in [0.4, 0.5) is 0 Å².